The molecule has 0 atom stereocenters. The van der Waals surface area contributed by atoms with Crippen molar-refractivity contribution >= 4 is 21.7 Å². The third-order valence-corrected chi connectivity index (χ3v) is 2.23. The molecule has 3 nitrogen and oxygen atoms in total. The highest BCUT2D eigenvalue weighted by Gasteiger charge is 2.32. The summed E-state index contributed by atoms with van der Waals surface area (Å²) in [5.41, 5.74) is 6.09. The van der Waals surface area contributed by atoms with Gasteiger partial charge in [-0.1, -0.05) is 15.9 Å². The lowest BCUT2D eigenvalue weighted by atomic mass is 10.2. The van der Waals surface area contributed by atoms with E-state index in [9.17, 15) is 13.2 Å². The highest BCUT2D eigenvalue weighted by atomic mass is 79.9. The van der Waals surface area contributed by atoms with E-state index in [-0.39, 0.29) is 11.6 Å². The summed E-state index contributed by atoms with van der Waals surface area (Å²) in [6.07, 6.45) is -4.72. The number of halogens is 4. The van der Waals surface area contributed by atoms with Gasteiger partial charge in [0.2, 0.25) is 0 Å². The lowest BCUT2D eigenvalue weighted by molar-refractivity contribution is -0.274. The highest BCUT2D eigenvalue weighted by Crippen LogP contribution is 2.29. The molecular formula is C8H8BrF3N2O. The molecule has 0 aromatic carbocycles. The average Bonchev–Trinajstić information content (AvgIpc) is 2.08. The van der Waals surface area contributed by atoms with E-state index in [1.807, 2.05) is 0 Å². The van der Waals surface area contributed by atoms with E-state index < -0.39 is 6.36 Å². The first-order valence-corrected chi connectivity index (χ1v) is 5.03. The molecule has 0 fully saturated rings. The van der Waals surface area contributed by atoms with Gasteiger partial charge in [0, 0.05) is 17.0 Å². The van der Waals surface area contributed by atoms with Crippen molar-refractivity contribution in [3.63, 3.8) is 0 Å². The Morgan fingerprint density at radius 1 is 1.53 bits per heavy atom. The van der Waals surface area contributed by atoms with E-state index in [1.165, 1.54) is 6.92 Å². The molecule has 84 valence electrons. The number of hydrogen-bond donors (Lipinski definition) is 1. The minimum absolute atomic E-state index is 0.00528. The van der Waals surface area contributed by atoms with Crippen molar-refractivity contribution in [2.24, 2.45) is 0 Å². The van der Waals surface area contributed by atoms with E-state index >= 15 is 0 Å². The van der Waals surface area contributed by atoms with E-state index in [2.05, 4.69) is 25.7 Å². The first-order valence-electron chi connectivity index (χ1n) is 3.91. The molecule has 1 aromatic rings. The van der Waals surface area contributed by atoms with E-state index in [4.69, 9.17) is 5.73 Å². The minimum atomic E-state index is -4.72. The van der Waals surface area contributed by atoms with E-state index in [1.54, 1.807) is 0 Å². The Balaban J connectivity index is 3.12. The molecule has 0 aliphatic carbocycles. The molecule has 0 spiro atoms. The van der Waals surface area contributed by atoms with Crippen LogP contribution in [-0.4, -0.2) is 11.3 Å². The molecule has 0 aliphatic heterocycles. The number of hydrogen-bond acceptors (Lipinski definition) is 3. The molecule has 0 saturated carbocycles. The number of rotatable bonds is 2. The molecule has 7 heteroatoms. The van der Waals surface area contributed by atoms with Gasteiger partial charge in [-0.05, 0) is 6.92 Å². The molecule has 0 saturated heterocycles. The highest BCUT2D eigenvalue weighted by molar-refractivity contribution is 9.08. The van der Waals surface area contributed by atoms with Crippen LogP contribution >= 0.6 is 15.9 Å². The standard InChI is InChI=1S/C8H8BrF3N2O/c1-4-5(3-9)14-7(13)2-6(4)15-8(10,11)12/h2H,3H2,1H3,(H2,13,14). The molecule has 0 bridgehead atoms. The molecule has 0 amide bonds. The van der Waals surface area contributed by atoms with Crippen molar-refractivity contribution in [3.8, 4) is 5.75 Å². The summed E-state index contributed by atoms with van der Waals surface area (Å²) in [4.78, 5) is 3.87. The van der Waals surface area contributed by atoms with Gasteiger partial charge in [-0.2, -0.15) is 0 Å². The fourth-order valence-electron chi connectivity index (χ4n) is 1.02. The zero-order valence-electron chi connectivity index (χ0n) is 7.73. The van der Waals surface area contributed by atoms with Gasteiger partial charge >= 0.3 is 6.36 Å². The largest absolute Gasteiger partial charge is 0.573 e. The Hall–Kier alpha value is -0.980. The number of ether oxygens (including phenoxy) is 1. The minimum Gasteiger partial charge on any atom is -0.405 e. The summed E-state index contributed by atoms with van der Waals surface area (Å²) >= 11 is 3.10. The number of anilines is 1. The predicted molar refractivity (Wildman–Crippen MR) is 52.7 cm³/mol. The zero-order chi connectivity index (χ0) is 11.6. The third-order valence-electron chi connectivity index (χ3n) is 1.70. The molecule has 1 heterocycles. The molecule has 1 rings (SSSR count). The Morgan fingerprint density at radius 2 is 2.13 bits per heavy atom. The second-order valence-electron chi connectivity index (χ2n) is 2.80. The molecule has 0 aliphatic rings. The van der Waals surface area contributed by atoms with Crippen LogP contribution in [0.4, 0.5) is 19.0 Å². The van der Waals surface area contributed by atoms with Gasteiger partial charge in [-0.25, -0.2) is 4.98 Å². The summed E-state index contributed by atoms with van der Waals surface area (Å²) in [5, 5.41) is 0.318. The van der Waals surface area contributed by atoms with Gasteiger partial charge in [-0.15, -0.1) is 13.2 Å². The number of nitrogens with zero attached hydrogens (tertiary/aromatic N) is 1. The lowest BCUT2D eigenvalue weighted by Crippen LogP contribution is -2.18. The predicted octanol–water partition coefficient (Wildman–Crippen LogP) is 2.77. The maximum atomic E-state index is 12.0. The first kappa shape index (κ1) is 12.1. The quantitative estimate of drug-likeness (QED) is 0.850. The van der Waals surface area contributed by atoms with Crippen LogP contribution in [0.3, 0.4) is 0 Å². The zero-order valence-corrected chi connectivity index (χ0v) is 9.32. The smallest absolute Gasteiger partial charge is 0.405 e. The molecule has 0 radical (unpaired) electrons. The SMILES string of the molecule is Cc1c(OC(F)(F)F)cc(N)nc1CBr. The van der Waals surface area contributed by atoms with Gasteiger partial charge in [0.15, 0.2) is 0 Å². The van der Waals surface area contributed by atoms with Crippen molar-refractivity contribution in [2.75, 3.05) is 5.73 Å². The van der Waals surface area contributed by atoms with Crippen molar-refractivity contribution in [2.45, 2.75) is 18.6 Å². The number of pyridine rings is 1. The molecule has 2 N–H and O–H groups in total. The normalized spacial score (nSPS) is 11.5. The van der Waals surface area contributed by atoms with Crippen LogP contribution < -0.4 is 10.5 Å². The summed E-state index contributed by atoms with van der Waals surface area (Å²) in [5.74, 6) is -0.321. The molecular weight excluding hydrogens is 277 g/mol. The Morgan fingerprint density at radius 3 is 2.60 bits per heavy atom. The van der Waals surface area contributed by atoms with Gasteiger partial charge in [0.25, 0.3) is 0 Å². The summed E-state index contributed by atoms with van der Waals surface area (Å²) in [6.45, 7) is 1.49. The van der Waals surface area contributed by atoms with Crippen molar-refractivity contribution in [1.29, 1.82) is 0 Å². The molecule has 15 heavy (non-hydrogen) atoms. The summed E-state index contributed by atoms with van der Waals surface area (Å²) in [7, 11) is 0. The fourth-order valence-corrected chi connectivity index (χ4v) is 1.56. The summed E-state index contributed by atoms with van der Waals surface area (Å²) < 4.78 is 39.8. The van der Waals surface area contributed by atoms with E-state index in [0.717, 1.165) is 6.07 Å². The lowest BCUT2D eigenvalue weighted by Gasteiger charge is -2.13. The topological polar surface area (TPSA) is 48.1 Å². The van der Waals surface area contributed by atoms with Crippen LogP contribution in [0.15, 0.2) is 6.07 Å². The van der Waals surface area contributed by atoms with Crippen LogP contribution in [0.1, 0.15) is 11.3 Å². The van der Waals surface area contributed by atoms with Crippen LogP contribution in [0, 0.1) is 6.92 Å². The summed E-state index contributed by atoms with van der Waals surface area (Å²) in [6, 6.07) is 1.05. The van der Waals surface area contributed by atoms with Crippen molar-refractivity contribution in [1.82, 2.24) is 4.98 Å². The number of alkyl halides is 4. The van der Waals surface area contributed by atoms with Crippen LogP contribution in [0.5, 0.6) is 5.75 Å². The molecule has 1 aromatic heterocycles. The van der Waals surface area contributed by atoms with Crippen molar-refractivity contribution in [3.05, 3.63) is 17.3 Å². The number of aromatic nitrogens is 1. The molecule has 0 unspecified atom stereocenters. The van der Waals surface area contributed by atoms with Crippen molar-refractivity contribution < 1.29 is 17.9 Å². The fraction of sp³-hybridized carbons (Fsp3) is 0.375. The second-order valence-corrected chi connectivity index (χ2v) is 3.36. The second kappa shape index (κ2) is 4.26. The maximum absolute atomic E-state index is 12.0. The number of nitrogen functional groups attached to an aromatic ring is 1. The third kappa shape index (κ3) is 3.26. The monoisotopic (exact) mass is 284 g/mol. The van der Waals surface area contributed by atoms with Crippen LogP contribution in [-0.2, 0) is 5.33 Å². The van der Waals surface area contributed by atoms with Gasteiger partial charge in [0.1, 0.15) is 11.6 Å². The van der Waals surface area contributed by atoms with Crippen LogP contribution in [0.2, 0.25) is 0 Å². The van der Waals surface area contributed by atoms with E-state index in [0.29, 0.717) is 16.6 Å². The Labute approximate surface area is 92.6 Å². The first-order chi connectivity index (χ1) is 6.83. The Bertz CT molecular complexity index is 368. The van der Waals surface area contributed by atoms with Gasteiger partial charge in [-0.3, -0.25) is 0 Å². The van der Waals surface area contributed by atoms with Gasteiger partial charge < -0.3 is 10.5 Å². The maximum Gasteiger partial charge on any atom is 0.573 e. The number of nitrogens with two attached hydrogens (primary N) is 1. The van der Waals surface area contributed by atoms with Gasteiger partial charge in [0.05, 0.1) is 5.69 Å². The van der Waals surface area contributed by atoms with Crippen LogP contribution in [0.25, 0.3) is 0 Å². The Kier molecular flexibility index (Phi) is 3.43. The average molecular weight is 285 g/mol.